The summed E-state index contributed by atoms with van der Waals surface area (Å²) in [7, 11) is 0. The number of carbonyl (C=O) groups excluding carboxylic acids is 2. The van der Waals surface area contributed by atoms with Crippen LogP contribution in [-0.2, 0) is 9.53 Å². The standard InChI is InChI=1S/C32H35N3O4/c1-5-38-31(36)23(4)13-18-27-21(2)11-12-22(3)28(19-33)30-29(27)20-34-32(37)35(30)24-14-16-26(17-15-24)39-25-9-7-6-8-10-25/h6-10,14-17,23H,5,11-13,18,20H2,1-4H3,(H,34,37)/b27-21?,28-22-. The van der Waals surface area contributed by atoms with Crippen LogP contribution in [-0.4, -0.2) is 25.2 Å². The number of nitrogens with one attached hydrogen (secondary N) is 1. The van der Waals surface area contributed by atoms with E-state index in [2.05, 4.69) is 18.3 Å². The number of hydrogen-bond donors (Lipinski definition) is 1. The molecule has 0 aromatic heterocycles. The molecular formula is C32H35N3O4. The third-order valence-electron chi connectivity index (χ3n) is 7.25. The van der Waals surface area contributed by atoms with E-state index in [-0.39, 0.29) is 17.9 Å². The smallest absolute Gasteiger partial charge is 0.326 e. The van der Waals surface area contributed by atoms with Crippen LogP contribution in [0.1, 0.15) is 53.4 Å². The highest BCUT2D eigenvalue weighted by Crippen LogP contribution is 2.39. The quantitative estimate of drug-likeness (QED) is 0.368. The third kappa shape index (κ3) is 6.23. The molecule has 0 spiro atoms. The van der Waals surface area contributed by atoms with Gasteiger partial charge in [0.1, 0.15) is 17.6 Å². The minimum Gasteiger partial charge on any atom is -0.466 e. The van der Waals surface area contributed by atoms with Crippen molar-refractivity contribution in [2.24, 2.45) is 5.92 Å². The van der Waals surface area contributed by atoms with E-state index >= 15 is 0 Å². The summed E-state index contributed by atoms with van der Waals surface area (Å²) in [5.41, 5.74) is 5.95. The van der Waals surface area contributed by atoms with Gasteiger partial charge in [-0.15, -0.1) is 0 Å². The Morgan fingerprint density at radius 2 is 1.72 bits per heavy atom. The van der Waals surface area contributed by atoms with E-state index in [0.717, 1.165) is 35.3 Å². The number of amides is 2. The van der Waals surface area contributed by atoms with Crippen LogP contribution < -0.4 is 15.0 Å². The second-order valence-corrected chi connectivity index (χ2v) is 9.95. The number of urea groups is 1. The monoisotopic (exact) mass is 525 g/mol. The molecule has 0 saturated carbocycles. The van der Waals surface area contributed by atoms with Crippen LogP contribution in [0, 0.1) is 17.2 Å². The molecule has 0 radical (unpaired) electrons. The molecular weight excluding hydrogens is 490 g/mol. The van der Waals surface area contributed by atoms with Gasteiger partial charge in [-0.1, -0.05) is 36.3 Å². The Labute approximate surface area is 230 Å². The van der Waals surface area contributed by atoms with Gasteiger partial charge in [0, 0.05) is 12.1 Å². The lowest BCUT2D eigenvalue weighted by molar-refractivity contribution is -0.147. The minimum absolute atomic E-state index is 0.208. The zero-order chi connectivity index (χ0) is 27.9. The first-order chi connectivity index (χ1) is 18.8. The molecule has 2 aromatic carbocycles. The molecule has 1 atom stereocenters. The van der Waals surface area contributed by atoms with Crippen molar-refractivity contribution < 1.29 is 19.1 Å². The van der Waals surface area contributed by atoms with Gasteiger partial charge in [-0.3, -0.25) is 9.69 Å². The summed E-state index contributed by atoms with van der Waals surface area (Å²) in [6.07, 6.45) is 2.81. The Balaban J connectivity index is 1.74. The number of nitriles is 1. The molecule has 2 amide bonds. The number of para-hydroxylation sites is 1. The van der Waals surface area contributed by atoms with E-state index in [1.165, 1.54) is 5.57 Å². The Morgan fingerprint density at radius 1 is 1.05 bits per heavy atom. The van der Waals surface area contributed by atoms with Crippen molar-refractivity contribution >= 4 is 17.7 Å². The lowest BCUT2D eigenvalue weighted by Crippen LogP contribution is -2.46. The van der Waals surface area contributed by atoms with Gasteiger partial charge in [0.15, 0.2) is 0 Å². The molecule has 1 aliphatic heterocycles. The molecule has 7 nitrogen and oxygen atoms in total. The molecule has 1 heterocycles. The van der Waals surface area contributed by atoms with E-state index in [1.54, 1.807) is 11.8 Å². The van der Waals surface area contributed by atoms with E-state index in [9.17, 15) is 14.9 Å². The highest BCUT2D eigenvalue weighted by molar-refractivity contribution is 5.99. The Hall–Kier alpha value is -4.31. The van der Waals surface area contributed by atoms with Gasteiger partial charge in [-0.05, 0) is 88.4 Å². The molecule has 2 aromatic rings. The molecule has 1 aliphatic carbocycles. The fourth-order valence-electron chi connectivity index (χ4n) is 5.00. The molecule has 0 bridgehead atoms. The van der Waals surface area contributed by atoms with Crippen LogP contribution >= 0.6 is 0 Å². The molecule has 0 saturated heterocycles. The van der Waals surface area contributed by atoms with Crippen LogP contribution in [0.2, 0.25) is 0 Å². The topological polar surface area (TPSA) is 91.7 Å². The predicted molar refractivity (Wildman–Crippen MR) is 151 cm³/mol. The van der Waals surface area contributed by atoms with Crippen molar-refractivity contribution in [2.75, 3.05) is 18.1 Å². The van der Waals surface area contributed by atoms with Gasteiger partial charge < -0.3 is 14.8 Å². The molecule has 2 aliphatic rings. The van der Waals surface area contributed by atoms with Crippen LogP contribution in [0.4, 0.5) is 10.5 Å². The van der Waals surface area contributed by atoms with Crippen LogP contribution in [0.25, 0.3) is 0 Å². The van der Waals surface area contributed by atoms with Gasteiger partial charge in [0.25, 0.3) is 0 Å². The van der Waals surface area contributed by atoms with Gasteiger partial charge >= 0.3 is 12.0 Å². The zero-order valence-electron chi connectivity index (χ0n) is 23.0. The number of benzene rings is 2. The summed E-state index contributed by atoms with van der Waals surface area (Å²) >= 11 is 0. The number of allylic oxidation sites excluding steroid dienone is 3. The first kappa shape index (κ1) is 27.7. The van der Waals surface area contributed by atoms with Crippen LogP contribution in [0.3, 0.4) is 0 Å². The van der Waals surface area contributed by atoms with Crippen molar-refractivity contribution in [3.8, 4) is 17.6 Å². The fourth-order valence-corrected chi connectivity index (χ4v) is 5.00. The second kappa shape index (κ2) is 12.5. The van der Waals surface area contributed by atoms with Crippen molar-refractivity contribution in [1.29, 1.82) is 5.26 Å². The van der Waals surface area contributed by atoms with Gasteiger partial charge in [-0.25, -0.2) is 4.79 Å². The number of ether oxygens (including phenoxy) is 2. The number of carbonyl (C=O) groups is 2. The Bertz CT molecular complexity index is 1360. The van der Waals surface area contributed by atoms with Crippen LogP contribution in [0.15, 0.2) is 88.2 Å². The summed E-state index contributed by atoms with van der Waals surface area (Å²) in [4.78, 5) is 27.2. The number of anilines is 1. The lowest BCUT2D eigenvalue weighted by Gasteiger charge is -2.35. The highest BCUT2D eigenvalue weighted by atomic mass is 16.5. The van der Waals surface area contributed by atoms with Crippen molar-refractivity contribution in [2.45, 2.75) is 53.4 Å². The molecule has 39 heavy (non-hydrogen) atoms. The summed E-state index contributed by atoms with van der Waals surface area (Å²) in [6.45, 7) is 8.43. The maximum Gasteiger partial charge on any atom is 0.326 e. The van der Waals surface area contributed by atoms with Gasteiger partial charge in [-0.2, -0.15) is 5.26 Å². The second-order valence-electron chi connectivity index (χ2n) is 9.95. The molecule has 0 fully saturated rings. The largest absolute Gasteiger partial charge is 0.466 e. The van der Waals surface area contributed by atoms with E-state index < -0.39 is 0 Å². The zero-order valence-corrected chi connectivity index (χ0v) is 23.0. The maximum absolute atomic E-state index is 13.3. The molecule has 1 unspecified atom stereocenters. The average molecular weight is 526 g/mol. The van der Waals surface area contributed by atoms with Crippen molar-refractivity contribution in [3.05, 3.63) is 88.2 Å². The molecule has 7 heteroatoms. The Morgan fingerprint density at radius 3 is 2.38 bits per heavy atom. The lowest BCUT2D eigenvalue weighted by atomic mass is 9.83. The predicted octanol–water partition coefficient (Wildman–Crippen LogP) is 7.19. The number of nitrogens with zero attached hydrogens (tertiary/aromatic N) is 2. The summed E-state index contributed by atoms with van der Waals surface area (Å²) in [5.74, 6) is 0.906. The Kier molecular flexibility index (Phi) is 8.88. The van der Waals surface area contributed by atoms with Crippen molar-refractivity contribution in [3.63, 3.8) is 0 Å². The van der Waals surface area contributed by atoms with E-state index in [4.69, 9.17) is 9.47 Å². The van der Waals surface area contributed by atoms with E-state index in [1.807, 2.05) is 68.4 Å². The number of rotatable bonds is 8. The van der Waals surface area contributed by atoms with Gasteiger partial charge in [0.05, 0.1) is 29.5 Å². The highest BCUT2D eigenvalue weighted by Gasteiger charge is 2.34. The molecule has 202 valence electrons. The van der Waals surface area contributed by atoms with E-state index in [0.29, 0.717) is 48.7 Å². The number of esters is 1. The van der Waals surface area contributed by atoms with Gasteiger partial charge in [0.2, 0.25) is 0 Å². The maximum atomic E-state index is 13.3. The summed E-state index contributed by atoms with van der Waals surface area (Å²) < 4.78 is 11.1. The SMILES string of the molecule is CCOC(=O)C(C)CCC1=C(C)CC/C(C)=C(/C#N)C2=C1CNC(=O)N2c1ccc(Oc2ccccc2)cc1. The van der Waals surface area contributed by atoms with Crippen molar-refractivity contribution in [1.82, 2.24) is 5.32 Å². The first-order valence-electron chi connectivity index (χ1n) is 13.4. The summed E-state index contributed by atoms with van der Waals surface area (Å²) in [6, 6.07) is 18.9. The first-order valence-corrected chi connectivity index (χ1v) is 13.4. The summed E-state index contributed by atoms with van der Waals surface area (Å²) in [5, 5.41) is 13.3. The normalized spacial score (nSPS) is 18.4. The average Bonchev–Trinajstić information content (AvgIpc) is 2.94. The molecule has 1 N–H and O–H groups in total. The minimum atomic E-state index is -0.288. The fraction of sp³-hybridized carbons (Fsp3) is 0.344. The molecule has 4 rings (SSSR count). The third-order valence-corrected chi connectivity index (χ3v) is 7.25. The van der Waals surface area contributed by atoms with Crippen LogP contribution in [0.5, 0.6) is 11.5 Å². The number of hydrogen-bond acceptors (Lipinski definition) is 5.